The third-order valence-corrected chi connectivity index (χ3v) is 2.42. The Hall–Kier alpha value is -1.09. The fourth-order valence-electron chi connectivity index (χ4n) is 1.74. The lowest BCUT2D eigenvalue weighted by molar-refractivity contribution is -0.139. The molecule has 0 bridgehead atoms. The highest BCUT2D eigenvalue weighted by Crippen LogP contribution is 2.25. The molecule has 1 aliphatic heterocycles. The van der Waals surface area contributed by atoms with Crippen LogP contribution >= 0.6 is 0 Å². The van der Waals surface area contributed by atoms with Crippen LogP contribution in [-0.2, 0) is 4.79 Å². The van der Waals surface area contributed by atoms with Gasteiger partial charge in [-0.25, -0.2) is 0 Å². The lowest BCUT2D eigenvalue weighted by Crippen LogP contribution is -2.35. The van der Waals surface area contributed by atoms with Crippen molar-refractivity contribution in [3.63, 3.8) is 0 Å². The van der Waals surface area contributed by atoms with Crippen LogP contribution in [-0.4, -0.2) is 23.7 Å². The predicted molar refractivity (Wildman–Crippen MR) is 51.5 cm³/mol. The summed E-state index contributed by atoms with van der Waals surface area (Å²) in [5.74, 6) is -0.719. The highest BCUT2D eigenvalue weighted by molar-refractivity contribution is 5.75. The van der Waals surface area contributed by atoms with Gasteiger partial charge >= 0.3 is 5.97 Å². The zero-order valence-electron chi connectivity index (χ0n) is 7.62. The molecule has 0 unspecified atom stereocenters. The molecular formula is C10H15NO2. The molecule has 72 valence electrons. The zero-order valence-corrected chi connectivity index (χ0v) is 7.62. The predicted octanol–water partition coefficient (Wildman–Crippen LogP) is 1.18. The normalized spacial score (nSPS) is 27.1. The minimum absolute atomic E-state index is 0.0653. The van der Waals surface area contributed by atoms with Crippen molar-refractivity contribution < 1.29 is 9.90 Å². The Balaban J connectivity index is 2.62. The van der Waals surface area contributed by atoms with Crippen molar-refractivity contribution in [2.75, 3.05) is 6.54 Å². The molecule has 0 aromatic heterocycles. The summed E-state index contributed by atoms with van der Waals surface area (Å²) in [6, 6.07) is -0.451. The minimum atomic E-state index is -0.785. The van der Waals surface area contributed by atoms with E-state index in [4.69, 9.17) is 5.11 Å². The minimum Gasteiger partial charge on any atom is -0.480 e. The average molecular weight is 181 g/mol. The van der Waals surface area contributed by atoms with Gasteiger partial charge in [0, 0.05) is 5.92 Å². The second-order valence-corrected chi connectivity index (χ2v) is 3.32. The van der Waals surface area contributed by atoms with Crippen LogP contribution < -0.4 is 5.32 Å². The van der Waals surface area contributed by atoms with E-state index in [-0.39, 0.29) is 5.92 Å². The SMILES string of the molecule is C=CCC(=C)[C@H]1CCN[C@@H]1C(=O)O. The van der Waals surface area contributed by atoms with Crippen molar-refractivity contribution in [3.05, 3.63) is 24.8 Å². The standard InChI is InChI=1S/C10H15NO2/c1-3-4-7(2)8-5-6-11-9(8)10(12)13/h3,8-9,11H,1-2,4-6H2,(H,12,13)/t8-,9+/m1/s1. The van der Waals surface area contributed by atoms with E-state index in [9.17, 15) is 4.79 Å². The number of carbonyl (C=O) groups is 1. The summed E-state index contributed by atoms with van der Waals surface area (Å²) in [7, 11) is 0. The Morgan fingerprint density at radius 2 is 2.38 bits per heavy atom. The summed E-state index contributed by atoms with van der Waals surface area (Å²) in [5.41, 5.74) is 0.965. The van der Waals surface area contributed by atoms with Crippen molar-refractivity contribution in [2.24, 2.45) is 5.92 Å². The molecule has 3 heteroatoms. The molecule has 1 aliphatic rings. The molecule has 13 heavy (non-hydrogen) atoms. The van der Waals surface area contributed by atoms with Gasteiger partial charge in [0.1, 0.15) is 6.04 Å². The fourth-order valence-corrected chi connectivity index (χ4v) is 1.74. The molecule has 1 rings (SSSR count). The largest absolute Gasteiger partial charge is 0.480 e. The van der Waals surface area contributed by atoms with Gasteiger partial charge in [0.25, 0.3) is 0 Å². The summed E-state index contributed by atoms with van der Waals surface area (Å²) in [5, 5.41) is 11.8. The Kier molecular flexibility index (Phi) is 3.25. The highest BCUT2D eigenvalue weighted by Gasteiger charge is 2.33. The number of allylic oxidation sites excluding steroid dienone is 1. The molecule has 1 saturated heterocycles. The topological polar surface area (TPSA) is 49.3 Å². The summed E-state index contributed by atoms with van der Waals surface area (Å²) < 4.78 is 0. The molecule has 0 spiro atoms. The van der Waals surface area contributed by atoms with Crippen molar-refractivity contribution in [1.29, 1.82) is 0 Å². The van der Waals surface area contributed by atoms with Gasteiger partial charge in [0.05, 0.1) is 0 Å². The first-order valence-electron chi connectivity index (χ1n) is 4.41. The maximum absolute atomic E-state index is 10.8. The average Bonchev–Trinajstić information content (AvgIpc) is 2.52. The van der Waals surface area contributed by atoms with Crippen LogP contribution in [0.4, 0.5) is 0 Å². The molecule has 0 aromatic rings. The van der Waals surface area contributed by atoms with Crippen molar-refractivity contribution >= 4 is 5.97 Å². The van der Waals surface area contributed by atoms with E-state index in [1.54, 1.807) is 6.08 Å². The van der Waals surface area contributed by atoms with Gasteiger partial charge in [-0.2, -0.15) is 0 Å². The monoisotopic (exact) mass is 181 g/mol. The first-order chi connectivity index (χ1) is 6.16. The number of hydrogen-bond acceptors (Lipinski definition) is 2. The Morgan fingerprint density at radius 1 is 1.69 bits per heavy atom. The molecule has 0 aromatic carbocycles. The molecule has 2 atom stereocenters. The van der Waals surface area contributed by atoms with Crippen LogP contribution in [0.15, 0.2) is 24.8 Å². The van der Waals surface area contributed by atoms with Crippen molar-refractivity contribution in [2.45, 2.75) is 18.9 Å². The second-order valence-electron chi connectivity index (χ2n) is 3.32. The van der Waals surface area contributed by atoms with Gasteiger partial charge in [0.2, 0.25) is 0 Å². The van der Waals surface area contributed by atoms with Crippen molar-refractivity contribution in [1.82, 2.24) is 5.32 Å². The third kappa shape index (κ3) is 2.18. The first kappa shape index (κ1) is 9.99. The number of carboxylic acid groups (broad SMARTS) is 1. The zero-order chi connectivity index (χ0) is 9.84. The molecule has 0 aliphatic carbocycles. The van der Waals surface area contributed by atoms with E-state index in [1.165, 1.54) is 0 Å². The lowest BCUT2D eigenvalue weighted by atomic mass is 9.91. The van der Waals surface area contributed by atoms with Gasteiger partial charge in [0.15, 0.2) is 0 Å². The number of nitrogens with one attached hydrogen (secondary N) is 1. The summed E-state index contributed by atoms with van der Waals surface area (Å²) in [6.07, 6.45) is 3.33. The molecule has 1 fully saturated rings. The van der Waals surface area contributed by atoms with E-state index in [2.05, 4.69) is 18.5 Å². The van der Waals surface area contributed by atoms with E-state index < -0.39 is 12.0 Å². The maximum Gasteiger partial charge on any atom is 0.321 e. The van der Waals surface area contributed by atoms with Crippen LogP contribution in [0.1, 0.15) is 12.8 Å². The van der Waals surface area contributed by atoms with Crippen LogP contribution in [0.5, 0.6) is 0 Å². The number of carboxylic acids is 1. The Bertz CT molecular complexity index is 235. The smallest absolute Gasteiger partial charge is 0.321 e. The van der Waals surface area contributed by atoms with Gasteiger partial charge in [-0.3, -0.25) is 4.79 Å². The van der Waals surface area contributed by atoms with Gasteiger partial charge < -0.3 is 10.4 Å². The second kappa shape index (κ2) is 4.23. The Labute approximate surface area is 78.1 Å². The fraction of sp³-hybridized carbons (Fsp3) is 0.500. The third-order valence-electron chi connectivity index (χ3n) is 2.42. The van der Waals surface area contributed by atoms with E-state index in [0.717, 1.165) is 18.5 Å². The van der Waals surface area contributed by atoms with Crippen molar-refractivity contribution in [3.8, 4) is 0 Å². The van der Waals surface area contributed by atoms with Crippen LogP contribution in [0.3, 0.4) is 0 Å². The van der Waals surface area contributed by atoms with E-state index in [1.807, 2.05) is 0 Å². The lowest BCUT2D eigenvalue weighted by Gasteiger charge is -2.16. The van der Waals surface area contributed by atoms with E-state index >= 15 is 0 Å². The first-order valence-corrected chi connectivity index (χ1v) is 4.41. The summed E-state index contributed by atoms with van der Waals surface area (Å²) in [6.45, 7) is 8.26. The Morgan fingerprint density at radius 3 is 2.92 bits per heavy atom. The molecular weight excluding hydrogens is 166 g/mol. The maximum atomic E-state index is 10.8. The summed E-state index contributed by atoms with van der Waals surface area (Å²) >= 11 is 0. The molecule has 2 N–H and O–H groups in total. The number of hydrogen-bond donors (Lipinski definition) is 2. The molecule has 3 nitrogen and oxygen atoms in total. The number of aliphatic carboxylic acids is 1. The molecule has 0 amide bonds. The van der Waals surface area contributed by atoms with Gasteiger partial charge in [-0.15, -0.1) is 6.58 Å². The molecule has 0 radical (unpaired) electrons. The van der Waals surface area contributed by atoms with Crippen LogP contribution in [0.2, 0.25) is 0 Å². The summed E-state index contributed by atoms with van der Waals surface area (Å²) in [4.78, 5) is 10.8. The quantitative estimate of drug-likeness (QED) is 0.640. The van der Waals surface area contributed by atoms with Crippen LogP contribution in [0, 0.1) is 5.92 Å². The van der Waals surface area contributed by atoms with E-state index in [0.29, 0.717) is 6.42 Å². The number of rotatable bonds is 4. The van der Waals surface area contributed by atoms with Gasteiger partial charge in [-0.05, 0) is 19.4 Å². The van der Waals surface area contributed by atoms with Gasteiger partial charge in [-0.1, -0.05) is 18.2 Å². The molecule has 1 heterocycles. The van der Waals surface area contributed by atoms with Crippen LogP contribution in [0.25, 0.3) is 0 Å². The highest BCUT2D eigenvalue weighted by atomic mass is 16.4. The molecule has 0 saturated carbocycles.